The Hall–Kier alpha value is -1.30. The van der Waals surface area contributed by atoms with Gasteiger partial charge < -0.3 is 20.7 Å². The van der Waals surface area contributed by atoms with Gasteiger partial charge in [0.15, 0.2) is 0 Å². The van der Waals surface area contributed by atoms with Crippen LogP contribution < -0.4 is 11.1 Å². The first-order valence-corrected chi connectivity index (χ1v) is 7.20. The van der Waals surface area contributed by atoms with Crippen LogP contribution in [0.4, 0.5) is 4.79 Å². The number of nitrogens with one attached hydrogen (secondary N) is 1. The molecule has 1 heterocycles. The molecule has 2 amide bonds. The second-order valence-electron chi connectivity index (χ2n) is 6.45. The van der Waals surface area contributed by atoms with Gasteiger partial charge in [0.25, 0.3) is 0 Å². The van der Waals surface area contributed by atoms with Crippen molar-refractivity contribution in [2.24, 2.45) is 5.73 Å². The number of rotatable bonds is 5. The van der Waals surface area contributed by atoms with Gasteiger partial charge in [-0.2, -0.15) is 0 Å². The van der Waals surface area contributed by atoms with Gasteiger partial charge in [-0.05, 0) is 40.5 Å². The summed E-state index contributed by atoms with van der Waals surface area (Å²) in [6.45, 7) is 8.90. The van der Waals surface area contributed by atoms with Crippen molar-refractivity contribution < 1.29 is 14.3 Å². The Bertz CT molecular complexity index is 352. The van der Waals surface area contributed by atoms with Crippen LogP contribution in [0.15, 0.2) is 0 Å². The van der Waals surface area contributed by atoms with Crippen molar-refractivity contribution in [1.82, 2.24) is 10.2 Å². The van der Waals surface area contributed by atoms with E-state index < -0.39 is 5.60 Å². The lowest BCUT2D eigenvalue weighted by molar-refractivity contribution is -0.118. The number of ether oxygens (including phenoxy) is 1. The minimum Gasteiger partial charge on any atom is -0.444 e. The quantitative estimate of drug-likeness (QED) is 0.796. The summed E-state index contributed by atoms with van der Waals surface area (Å²) < 4.78 is 5.41. The highest BCUT2D eigenvalue weighted by Gasteiger charge is 2.32. The summed E-state index contributed by atoms with van der Waals surface area (Å²) in [4.78, 5) is 24.7. The smallest absolute Gasteiger partial charge is 0.410 e. The molecule has 1 aliphatic rings. The van der Waals surface area contributed by atoms with Crippen LogP contribution in [0.2, 0.25) is 0 Å². The first kappa shape index (κ1) is 16.8. The number of likely N-dealkylation sites (tertiary alicyclic amines) is 1. The van der Waals surface area contributed by atoms with Crippen molar-refractivity contribution in [2.75, 3.05) is 13.1 Å². The van der Waals surface area contributed by atoms with Crippen molar-refractivity contribution in [2.45, 2.75) is 64.6 Å². The van der Waals surface area contributed by atoms with Crippen LogP contribution in [0, 0.1) is 0 Å². The number of carbonyl (C=O) groups excluding carboxylic acids is 2. The normalized spacial score (nSPS) is 20.8. The number of primary amides is 1. The molecule has 0 saturated carbocycles. The predicted octanol–water partition coefficient (Wildman–Crippen LogP) is 1.24. The summed E-state index contributed by atoms with van der Waals surface area (Å²) in [6.07, 6.45) is 1.98. The molecular weight excluding hydrogens is 258 g/mol. The number of hydrogen-bond acceptors (Lipinski definition) is 4. The summed E-state index contributed by atoms with van der Waals surface area (Å²) in [5.41, 5.74) is 4.68. The van der Waals surface area contributed by atoms with Crippen LogP contribution >= 0.6 is 0 Å². The molecule has 1 saturated heterocycles. The minimum absolute atomic E-state index is 0.0218. The number of hydrogen-bond donors (Lipinski definition) is 2. The average molecular weight is 285 g/mol. The van der Waals surface area contributed by atoms with Gasteiger partial charge in [-0.25, -0.2) is 4.79 Å². The highest BCUT2D eigenvalue weighted by atomic mass is 16.6. The maximum atomic E-state index is 12.1. The second kappa shape index (κ2) is 6.92. The van der Waals surface area contributed by atoms with E-state index in [4.69, 9.17) is 10.5 Å². The van der Waals surface area contributed by atoms with Crippen LogP contribution in [0.3, 0.4) is 0 Å². The van der Waals surface area contributed by atoms with Crippen molar-refractivity contribution in [3.8, 4) is 0 Å². The highest BCUT2D eigenvalue weighted by Crippen LogP contribution is 2.20. The average Bonchev–Trinajstić information content (AvgIpc) is 2.71. The van der Waals surface area contributed by atoms with Gasteiger partial charge in [0.1, 0.15) is 5.60 Å². The molecule has 0 aromatic rings. The molecule has 2 atom stereocenters. The molecule has 1 rings (SSSR count). The van der Waals surface area contributed by atoms with Crippen molar-refractivity contribution in [1.29, 1.82) is 0 Å². The number of nitrogens with zero attached hydrogens (tertiary/aromatic N) is 1. The van der Waals surface area contributed by atoms with Crippen molar-refractivity contribution in [3.05, 3.63) is 0 Å². The second-order valence-corrected chi connectivity index (χ2v) is 6.45. The zero-order valence-electron chi connectivity index (χ0n) is 12.9. The molecule has 0 radical (unpaired) electrons. The number of amides is 2. The number of nitrogens with two attached hydrogens (primary N) is 1. The fraction of sp³-hybridized carbons (Fsp3) is 0.857. The maximum absolute atomic E-state index is 12.1. The summed E-state index contributed by atoms with van der Waals surface area (Å²) in [5.74, 6) is -0.319. The zero-order chi connectivity index (χ0) is 15.3. The molecule has 0 aromatic carbocycles. The van der Waals surface area contributed by atoms with Crippen LogP contribution in [0.5, 0.6) is 0 Å². The van der Waals surface area contributed by atoms with E-state index in [1.54, 1.807) is 4.90 Å². The lowest BCUT2D eigenvalue weighted by atomic mass is 10.2. The SMILES string of the molecule is CC(CC(N)=O)NCC1CCCN1C(=O)OC(C)(C)C. The van der Waals surface area contributed by atoms with E-state index in [0.717, 1.165) is 19.4 Å². The molecule has 3 N–H and O–H groups in total. The molecule has 2 unspecified atom stereocenters. The molecule has 6 heteroatoms. The van der Waals surface area contributed by atoms with Gasteiger partial charge in [0, 0.05) is 31.6 Å². The molecule has 0 spiro atoms. The fourth-order valence-corrected chi connectivity index (χ4v) is 2.32. The molecule has 0 aromatic heterocycles. The third kappa shape index (κ3) is 5.77. The maximum Gasteiger partial charge on any atom is 0.410 e. The third-order valence-electron chi connectivity index (χ3n) is 3.21. The van der Waals surface area contributed by atoms with Crippen LogP contribution in [-0.4, -0.2) is 47.7 Å². The largest absolute Gasteiger partial charge is 0.444 e. The van der Waals surface area contributed by atoms with Crippen LogP contribution in [-0.2, 0) is 9.53 Å². The molecule has 0 aliphatic carbocycles. The number of carbonyl (C=O) groups is 2. The summed E-state index contributed by atoms with van der Waals surface area (Å²) in [6, 6.07) is 0.147. The van der Waals surface area contributed by atoms with E-state index in [0.29, 0.717) is 13.0 Å². The Labute approximate surface area is 121 Å². The van der Waals surface area contributed by atoms with Gasteiger partial charge in [-0.1, -0.05) is 0 Å². The summed E-state index contributed by atoms with van der Waals surface area (Å²) >= 11 is 0. The molecule has 1 aliphatic heterocycles. The van der Waals surface area contributed by atoms with E-state index in [9.17, 15) is 9.59 Å². The van der Waals surface area contributed by atoms with E-state index in [2.05, 4.69) is 5.32 Å². The van der Waals surface area contributed by atoms with Crippen LogP contribution in [0.25, 0.3) is 0 Å². The lowest BCUT2D eigenvalue weighted by Crippen LogP contribution is -2.46. The highest BCUT2D eigenvalue weighted by molar-refractivity contribution is 5.74. The van der Waals surface area contributed by atoms with Gasteiger partial charge in [-0.3, -0.25) is 4.79 Å². The third-order valence-corrected chi connectivity index (χ3v) is 3.21. The Morgan fingerprint density at radius 2 is 2.10 bits per heavy atom. The topological polar surface area (TPSA) is 84.7 Å². The van der Waals surface area contributed by atoms with Crippen molar-refractivity contribution in [3.63, 3.8) is 0 Å². The van der Waals surface area contributed by atoms with E-state index >= 15 is 0 Å². The van der Waals surface area contributed by atoms with Crippen LogP contribution in [0.1, 0.15) is 47.0 Å². The van der Waals surface area contributed by atoms with E-state index in [1.165, 1.54) is 0 Å². The monoisotopic (exact) mass is 285 g/mol. The van der Waals surface area contributed by atoms with Gasteiger partial charge in [0.05, 0.1) is 0 Å². The fourth-order valence-electron chi connectivity index (χ4n) is 2.32. The molecule has 20 heavy (non-hydrogen) atoms. The minimum atomic E-state index is -0.475. The molecule has 116 valence electrons. The van der Waals surface area contributed by atoms with Gasteiger partial charge in [0.2, 0.25) is 5.91 Å². The van der Waals surface area contributed by atoms with Gasteiger partial charge >= 0.3 is 6.09 Å². The van der Waals surface area contributed by atoms with E-state index in [1.807, 2.05) is 27.7 Å². The standard InChI is InChI=1S/C14H27N3O3/c1-10(8-12(15)18)16-9-11-6-5-7-17(11)13(19)20-14(2,3)4/h10-11,16H,5-9H2,1-4H3,(H2,15,18). The Balaban J connectivity index is 2.45. The molecule has 0 bridgehead atoms. The van der Waals surface area contributed by atoms with E-state index in [-0.39, 0.29) is 24.1 Å². The zero-order valence-corrected chi connectivity index (χ0v) is 12.9. The first-order valence-electron chi connectivity index (χ1n) is 7.20. The molecular formula is C14H27N3O3. The Morgan fingerprint density at radius 3 is 2.65 bits per heavy atom. The Morgan fingerprint density at radius 1 is 1.45 bits per heavy atom. The summed E-state index contributed by atoms with van der Waals surface area (Å²) in [5, 5.41) is 3.25. The molecule has 1 fully saturated rings. The predicted molar refractivity (Wildman–Crippen MR) is 77.2 cm³/mol. The lowest BCUT2D eigenvalue weighted by Gasteiger charge is -2.29. The van der Waals surface area contributed by atoms with Crippen molar-refractivity contribution >= 4 is 12.0 Å². The summed E-state index contributed by atoms with van der Waals surface area (Å²) in [7, 11) is 0. The molecule has 6 nitrogen and oxygen atoms in total. The first-order chi connectivity index (χ1) is 9.19. The van der Waals surface area contributed by atoms with Gasteiger partial charge in [-0.15, -0.1) is 0 Å². The Kier molecular flexibility index (Phi) is 5.80.